The summed E-state index contributed by atoms with van der Waals surface area (Å²) in [4.78, 5) is 21.6. The molecule has 3 N–H and O–H groups in total. The van der Waals surface area contributed by atoms with Crippen molar-refractivity contribution in [2.45, 2.75) is 41.3 Å². The van der Waals surface area contributed by atoms with Gasteiger partial charge in [-0.05, 0) is 54.9 Å². The lowest BCUT2D eigenvalue weighted by Crippen LogP contribution is -2.23. The third kappa shape index (κ3) is 15.0. The van der Waals surface area contributed by atoms with Crippen LogP contribution in [0.25, 0.3) is 0 Å². The van der Waals surface area contributed by atoms with Crippen molar-refractivity contribution >= 4 is 29.4 Å². The van der Waals surface area contributed by atoms with Crippen LogP contribution < -0.4 is 10.2 Å². The molecule has 3 aromatic rings. The number of carboxylic acids is 2. The summed E-state index contributed by atoms with van der Waals surface area (Å²) in [6.45, 7) is 2.48. The Hall–Kier alpha value is -3.92. The van der Waals surface area contributed by atoms with Gasteiger partial charge in [0.05, 0.1) is 5.56 Å². The fraction of sp³-hybridized carbons (Fsp3) is 0.286. The van der Waals surface area contributed by atoms with Crippen LogP contribution >= 0.6 is 11.8 Å². The molecule has 0 aliphatic rings. The Morgan fingerprint density at radius 3 is 1.82 bits per heavy atom. The summed E-state index contributed by atoms with van der Waals surface area (Å²) < 4.78 is 102. The lowest BCUT2D eigenvalue weighted by molar-refractivity contribution is -0.193. The number of aliphatic carboxylic acids is 2. The average molecular weight is 659 g/mol. The fourth-order valence-electron chi connectivity index (χ4n) is 3.09. The van der Waals surface area contributed by atoms with E-state index in [0.29, 0.717) is 11.4 Å². The molecule has 242 valence electrons. The first-order chi connectivity index (χ1) is 20.3. The zero-order valence-corrected chi connectivity index (χ0v) is 23.6. The van der Waals surface area contributed by atoms with Gasteiger partial charge in [0.25, 0.3) is 0 Å². The Balaban J connectivity index is 0.000000574. The molecular formula is C28H27F9N2O4S. The van der Waals surface area contributed by atoms with Crippen molar-refractivity contribution in [2.75, 3.05) is 25.0 Å². The van der Waals surface area contributed by atoms with Crippen LogP contribution in [0.2, 0.25) is 0 Å². The molecule has 0 unspecified atom stereocenters. The van der Waals surface area contributed by atoms with Gasteiger partial charge in [-0.25, -0.2) is 9.59 Å². The maximum absolute atomic E-state index is 13.0. The maximum Gasteiger partial charge on any atom is 0.490 e. The molecule has 44 heavy (non-hydrogen) atoms. The second-order valence-electron chi connectivity index (χ2n) is 8.63. The Labute approximate surface area is 250 Å². The number of benzene rings is 3. The zero-order valence-electron chi connectivity index (χ0n) is 22.8. The van der Waals surface area contributed by atoms with E-state index in [-0.39, 0.29) is 0 Å². The van der Waals surface area contributed by atoms with E-state index in [2.05, 4.69) is 29.4 Å². The predicted molar refractivity (Wildman–Crippen MR) is 145 cm³/mol. The number of alkyl halides is 9. The molecule has 0 radical (unpaired) electrons. The van der Waals surface area contributed by atoms with Gasteiger partial charge >= 0.3 is 30.5 Å². The van der Waals surface area contributed by atoms with Gasteiger partial charge in [-0.15, -0.1) is 0 Å². The van der Waals surface area contributed by atoms with Crippen molar-refractivity contribution in [2.24, 2.45) is 0 Å². The van der Waals surface area contributed by atoms with Crippen LogP contribution in [0.1, 0.15) is 17.5 Å². The summed E-state index contributed by atoms with van der Waals surface area (Å²) in [6, 6.07) is 23.6. The number of nitrogens with zero attached hydrogens (tertiary/aromatic N) is 1. The molecule has 3 aromatic carbocycles. The minimum atomic E-state index is -5.08. The van der Waals surface area contributed by atoms with E-state index in [1.54, 1.807) is 6.07 Å². The van der Waals surface area contributed by atoms with Crippen molar-refractivity contribution < 1.29 is 59.3 Å². The number of hydrogen-bond donors (Lipinski definition) is 3. The largest absolute Gasteiger partial charge is 0.490 e. The van der Waals surface area contributed by atoms with Crippen LogP contribution in [0.5, 0.6) is 0 Å². The number of carbonyl (C=O) groups is 2. The summed E-state index contributed by atoms with van der Waals surface area (Å²) in [5.74, 6) is -5.51. The van der Waals surface area contributed by atoms with Crippen molar-refractivity contribution in [3.63, 3.8) is 0 Å². The van der Waals surface area contributed by atoms with E-state index in [1.807, 2.05) is 42.5 Å². The molecule has 0 heterocycles. The molecule has 0 amide bonds. The highest BCUT2D eigenvalue weighted by Gasteiger charge is 2.39. The van der Waals surface area contributed by atoms with E-state index < -0.39 is 36.0 Å². The second kappa shape index (κ2) is 17.4. The van der Waals surface area contributed by atoms with Gasteiger partial charge in [0.1, 0.15) is 0 Å². The van der Waals surface area contributed by atoms with E-state index in [0.717, 1.165) is 36.0 Å². The molecule has 6 nitrogen and oxygen atoms in total. The van der Waals surface area contributed by atoms with Gasteiger partial charge in [-0.1, -0.05) is 54.2 Å². The maximum atomic E-state index is 13.0. The summed E-state index contributed by atoms with van der Waals surface area (Å²) in [6.07, 6.45) is -13.5. The molecule has 0 saturated heterocycles. The minimum Gasteiger partial charge on any atom is -0.475 e. The molecule has 0 bridgehead atoms. The van der Waals surface area contributed by atoms with Gasteiger partial charge in [0.15, 0.2) is 0 Å². The minimum absolute atomic E-state index is 0.585. The highest BCUT2D eigenvalue weighted by atomic mass is 32.2. The Bertz CT molecular complexity index is 1290. The summed E-state index contributed by atoms with van der Waals surface area (Å²) in [5, 5.41) is 17.7. The van der Waals surface area contributed by atoms with Crippen LogP contribution in [0.4, 0.5) is 45.2 Å². The number of halogens is 9. The highest BCUT2D eigenvalue weighted by molar-refractivity contribution is 7.99. The fourth-order valence-corrected chi connectivity index (χ4v) is 4.09. The number of para-hydroxylation sites is 1. The predicted octanol–water partition coefficient (Wildman–Crippen LogP) is 7.74. The number of carboxylic acid groups (broad SMARTS) is 2. The highest BCUT2D eigenvalue weighted by Crippen LogP contribution is 2.35. The quantitative estimate of drug-likeness (QED) is 0.160. The third-order valence-electron chi connectivity index (χ3n) is 5.21. The SMILES string of the molecule is CN(CCCNCc1ccccc1Sc1cccc(C(F)(F)F)c1)c1ccccc1.O=C(O)C(F)(F)F.O=C(O)C(F)(F)F. The Morgan fingerprint density at radius 2 is 1.30 bits per heavy atom. The molecule has 0 aliphatic heterocycles. The van der Waals surface area contributed by atoms with Crippen LogP contribution in [-0.4, -0.2) is 54.6 Å². The van der Waals surface area contributed by atoms with Crippen LogP contribution in [-0.2, 0) is 22.3 Å². The number of hydrogen-bond acceptors (Lipinski definition) is 5. The third-order valence-corrected chi connectivity index (χ3v) is 6.31. The van der Waals surface area contributed by atoms with Crippen LogP contribution in [0, 0.1) is 0 Å². The molecule has 0 spiro atoms. The smallest absolute Gasteiger partial charge is 0.475 e. The van der Waals surface area contributed by atoms with Crippen molar-refractivity contribution in [1.29, 1.82) is 0 Å². The van der Waals surface area contributed by atoms with Gasteiger partial charge < -0.3 is 20.4 Å². The average Bonchev–Trinajstić information content (AvgIpc) is 2.93. The van der Waals surface area contributed by atoms with Gasteiger partial charge in [-0.3, -0.25) is 0 Å². The molecule has 3 rings (SSSR count). The lowest BCUT2D eigenvalue weighted by atomic mass is 10.2. The molecule has 0 fully saturated rings. The first-order valence-electron chi connectivity index (χ1n) is 12.3. The van der Waals surface area contributed by atoms with Gasteiger partial charge in [-0.2, -0.15) is 39.5 Å². The summed E-state index contributed by atoms with van der Waals surface area (Å²) in [5.41, 5.74) is 1.65. The van der Waals surface area contributed by atoms with Crippen molar-refractivity contribution in [3.05, 3.63) is 90.0 Å². The van der Waals surface area contributed by atoms with E-state index >= 15 is 0 Å². The summed E-state index contributed by atoms with van der Waals surface area (Å²) >= 11 is 1.36. The Kier molecular flexibility index (Phi) is 15.1. The van der Waals surface area contributed by atoms with Crippen LogP contribution in [0.3, 0.4) is 0 Å². The van der Waals surface area contributed by atoms with E-state index in [4.69, 9.17) is 19.8 Å². The van der Waals surface area contributed by atoms with E-state index in [1.165, 1.54) is 29.6 Å². The van der Waals surface area contributed by atoms with Crippen molar-refractivity contribution in [1.82, 2.24) is 5.32 Å². The topological polar surface area (TPSA) is 89.9 Å². The summed E-state index contributed by atoms with van der Waals surface area (Å²) in [7, 11) is 2.08. The molecule has 0 aliphatic carbocycles. The Morgan fingerprint density at radius 1 is 0.773 bits per heavy atom. The number of rotatable bonds is 9. The molecule has 0 aromatic heterocycles. The van der Waals surface area contributed by atoms with E-state index in [9.17, 15) is 39.5 Å². The number of anilines is 1. The molecule has 16 heteroatoms. The van der Waals surface area contributed by atoms with Gasteiger partial charge in [0, 0.05) is 35.6 Å². The normalized spacial score (nSPS) is 11.4. The zero-order chi connectivity index (χ0) is 33.6. The standard InChI is InChI=1S/C24H25F3N2S.2C2HF3O2/c1-29(21-11-3-2-4-12-21)16-8-15-28-18-19-9-5-6-14-23(19)30-22-13-7-10-20(17-22)24(25,26)27;2*3-2(4,5)1(6)7/h2-7,9-14,17,28H,8,15-16,18H2,1H3;2*(H,6,7). The first-order valence-corrected chi connectivity index (χ1v) is 13.1. The molecular weight excluding hydrogens is 631 g/mol. The monoisotopic (exact) mass is 658 g/mol. The molecule has 0 saturated carbocycles. The van der Waals surface area contributed by atoms with Crippen LogP contribution in [0.15, 0.2) is 88.7 Å². The lowest BCUT2D eigenvalue weighted by Gasteiger charge is -2.19. The van der Waals surface area contributed by atoms with Crippen molar-refractivity contribution in [3.8, 4) is 0 Å². The number of nitrogens with one attached hydrogen (secondary N) is 1. The second-order valence-corrected chi connectivity index (χ2v) is 9.74. The molecule has 0 atom stereocenters. The first kappa shape index (κ1) is 38.1. The van der Waals surface area contributed by atoms with Gasteiger partial charge in [0.2, 0.25) is 0 Å².